The molecule has 0 saturated carbocycles. The summed E-state index contributed by atoms with van der Waals surface area (Å²) in [5.41, 5.74) is 0.432. The molecule has 0 saturated heterocycles. The van der Waals surface area contributed by atoms with E-state index < -0.39 is 24.0 Å². The van der Waals surface area contributed by atoms with E-state index >= 15 is 0 Å². The Kier molecular flexibility index (Phi) is 7.67. The number of esters is 2. The average molecular weight is 392 g/mol. The molecule has 0 spiro atoms. The Hall–Kier alpha value is -3.23. The van der Waals surface area contributed by atoms with E-state index in [9.17, 15) is 14.4 Å². The lowest BCUT2D eigenvalue weighted by Gasteiger charge is -2.28. The third-order valence-corrected chi connectivity index (χ3v) is 3.94. The van der Waals surface area contributed by atoms with E-state index in [0.717, 1.165) is 0 Å². The highest BCUT2D eigenvalue weighted by Gasteiger charge is 2.32. The van der Waals surface area contributed by atoms with Crippen molar-refractivity contribution in [2.75, 3.05) is 26.9 Å². The molecule has 1 aliphatic heterocycles. The molecule has 2 N–H and O–H groups in total. The highest BCUT2D eigenvalue weighted by atomic mass is 16.6. The van der Waals surface area contributed by atoms with Crippen LogP contribution in [0.25, 0.3) is 0 Å². The first-order valence-corrected chi connectivity index (χ1v) is 8.89. The van der Waals surface area contributed by atoms with Crippen molar-refractivity contribution in [3.8, 4) is 11.5 Å². The van der Waals surface area contributed by atoms with E-state index in [1.807, 2.05) is 6.92 Å². The molecule has 1 heterocycles. The largest absolute Gasteiger partial charge is 0.493 e. The lowest BCUT2D eigenvalue weighted by atomic mass is 10.0. The van der Waals surface area contributed by atoms with Crippen molar-refractivity contribution in [3.05, 3.63) is 35.5 Å². The maximum atomic E-state index is 12.3. The summed E-state index contributed by atoms with van der Waals surface area (Å²) in [7, 11) is 1.49. The average Bonchev–Trinajstić information content (AvgIpc) is 2.70. The molecule has 0 radical (unpaired) electrons. The van der Waals surface area contributed by atoms with Gasteiger partial charge in [-0.2, -0.15) is 0 Å². The van der Waals surface area contributed by atoms with Crippen molar-refractivity contribution < 1.29 is 33.3 Å². The molecule has 0 bridgehead atoms. The van der Waals surface area contributed by atoms with Crippen LogP contribution in [-0.4, -0.2) is 50.9 Å². The van der Waals surface area contributed by atoms with Crippen LogP contribution in [0.3, 0.4) is 0 Å². The monoisotopic (exact) mass is 392 g/mol. The van der Waals surface area contributed by atoms with Gasteiger partial charge >= 0.3 is 18.0 Å². The summed E-state index contributed by atoms with van der Waals surface area (Å²) in [6.45, 7) is 3.05. The van der Waals surface area contributed by atoms with Crippen LogP contribution >= 0.6 is 0 Å². The number of benzene rings is 1. The normalized spacial score (nSPS) is 16.0. The number of methoxy groups -OCH3 is 1. The first-order chi connectivity index (χ1) is 13.5. The molecule has 28 heavy (non-hydrogen) atoms. The Labute approximate surface area is 163 Å². The minimum Gasteiger partial charge on any atom is -0.493 e. The predicted octanol–water partition coefficient (Wildman–Crippen LogP) is 1.53. The molecule has 1 aliphatic rings. The van der Waals surface area contributed by atoms with Gasteiger partial charge in [0.25, 0.3) is 0 Å². The van der Waals surface area contributed by atoms with Gasteiger partial charge in [-0.05, 0) is 25.5 Å². The molecule has 0 aliphatic carbocycles. The number of ether oxygens (including phenoxy) is 4. The van der Waals surface area contributed by atoms with Crippen molar-refractivity contribution in [2.45, 2.75) is 26.3 Å². The van der Waals surface area contributed by atoms with Crippen LogP contribution in [0, 0.1) is 0 Å². The second-order valence-electron chi connectivity index (χ2n) is 5.77. The molecule has 1 atom stereocenters. The molecule has 152 valence electrons. The minimum atomic E-state index is -0.664. The zero-order chi connectivity index (χ0) is 20.5. The number of para-hydroxylation sites is 2. The van der Waals surface area contributed by atoms with E-state index in [2.05, 4.69) is 10.6 Å². The second kappa shape index (κ2) is 10.2. The van der Waals surface area contributed by atoms with Gasteiger partial charge in [0, 0.05) is 0 Å². The summed E-state index contributed by atoms with van der Waals surface area (Å²) in [6.07, 6.45) is 0.482. The van der Waals surface area contributed by atoms with Crippen LogP contribution < -0.4 is 20.1 Å². The molecule has 1 aromatic carbocycles. The molecule has 0 aromatic heterocycles. The van der Waals surface area contributed by atoms with E-state index in [1.54, 1.807) is 31.2 Å². The van der Waals surface area contributed by atoms with Crippen molar-refractivity contribution >= 4 is 18.0 Å². The van der Waals surface area contributed by atoms with E-state index in [4.69, 9.17) is 18.9 Å². The summed E-state index contributed by atoms with van der Waals surface area (Å²) >= 11 is 0. The molecule has 2 amide bonds. The highest BCUT2D eigenvalue weighted by Crippen LogP contribution is 2.25. The third-order valence-electron chi connectivity index (χ3n) is 3.94. The van der Waals surface area contributed by atoms with Gasteiger partial charge in [0.15, 0.2) is 18.1 Å². The fraction of sp³-hybridized carbons (Fsp3) is 0.421. The number of carbonyl (C=O) groups excluding carboxylic acids is 3. The van der Waals surface area contributed by atoms with Crippen LogP contribution in [-0.2, 0) is 19.1 Å². The minimum absolute atomic E-state index is 0.187. The Morgan fingerprint density at radius 3 is 2.46 bits per heavy atom. The zero-order valence-electron chi connectivity index (χ0n) is 16.1. The lowest BCUT2D eigenvalue weighted by Crippen LogP contribution is -2.51. The quantitative estimate of drug-likeness (QED) is 0.613. The van der Waals surface area contributed by atoms with Crippen molar-refractivity contribution in [3.63, 3.8) is 0 Å². The fourth-order valence-corrected chi connectivity index (χ4v) is 2.64. The summed E-state index contributed by atoms with van der Waals surface area (Å²) < 4.78 is 20.8. The second-order valence-corrected chi connectivity index (χ2v) is 5.77. The number of urea groups is 1. The maximum Gasteiger partial charge on any atom is 0.344 e. The number of hydrogen-bond donors (Lipinski definition) is 2. The van der Waals surface area contributed by atoms with Crippen molar-refractivity contribution in [1.82, 2.24) is 10.6 Å². The summed E-state index contributed by atoms with van der Waals surface area (Å²) in [5.74, 6) is -0.353. The van der Waals surface area contributed by atoms with Gasteiger partial charge in [0.05, 0.1) is 31.0 Å². The van der Waals surface area contributed by atoms with Crippen LogP contribution in [0.1, 0.15) is 20.3 Å². The number of nitrogens with one attached hydrogen (secondary N) is 2. The molecule has 9 heteroatoms. The summed E-state index contributed by atoms with van der Waals surface area (Å²) in [5, 5.41) is 5.15. The first-order valence-electron chi connectivity index (χ1n) is 8.89. The van der Waals surface area contributed by atoms with Gasteiger partial charge in [-0.1, -0.05) is 19.1 Å². The lowest BCUT2D eigenvalue weighted by molar-refractivity contribution is -0.145. The molecule has 0 fully saturated rings. The Bertz CT molecular complexity index is 760. The molecule has 0 unspecified atom stereocenters. The van der Waals surface area contributed by atoms with Crippen molar-refractivity contribution in [2.24, 2.45) is 0 Å². The SMILES string of the molecule is CCOC(=O)C1=C(COC(=O)COc2ccccc2OC)NC(=O)N[C@H]1CC. The van der Waals surface area contributed by atoms with Crippen LogP contribution in [0.5, 0.6) is 11.5 Å². The van der Waals surface area contributed by atoms with E-state index in [-0.39, 0.29) is 31.1 Å². The molecular formula is C19H24N2O7. The number of carbonyl (C=O) groups is 3. The van der Waals surface area contributed by atoms with Crippen LogP contribution in [0.4, 0.5) is 4.79 Å². The van der Waals surface area contributed by atoms with E-state index in [1.165, 1.54) is 7.11 Å². The highest BCUT2D eigenvalue weighted by molar-refractivity contribution is 5.94. The van der Waals surface area contributed by atoms with Gasteiger partial charge in [0.2, 0.25) is 0 Å². The first kappa shape index (κ1) is 21.1. The number of rotatable bonds is 9. The molecule has 1 aromatic rings. The summed E-state index contributed by atoms with van der Waals surface area (Å²) in [4.78, 5) is 36.1. The van der Waals surface area contributed by atoms with Crippen LogP contribution in [0.2, 0.25) is 0 Å². The smallest absolute Gasteiger partial charge is 0.344 e. The van der Waals surface area contributed by atoms with Crippen LogP contribution in [0.15, 0.2) is 35.5 Å². The van der Waals surface area contributed by atoms with E-state index in [0.29, 0.717) is 17.9 Å². The Morgan fingerprint density at radius 2 is 1.82 bits per heavy atom. The molecule has 9 nitrogen and oxygen atoms in total. The van der Waals surface area contributed by atoms with Gasteiger partial charge in [-0.25, -0.2) is 14.4 Å². The predicted molar refractivity (Wildman–Crippen MR) is 98.9 cm³/mol. The van der Waals surface area contributed by atoms with Gasteiger partial charge < -0.3 is 29.6 Å². The van der Waals surface area contributed by atoms with Gasteiger partial charge in [-0.15, -0.1) is 0 Å². The molecular weight excluding hydrogens is 368 g/mol. The number of hydrogen-bond acceptors (Lipinski definition) is 7. The topological polar surface area (TPSA) is 112 Å². The Balaban J connectivity index is 2.03. The molecule has 2 rings (SSSR count). The summed E-state index contributed by atoms with van der Waals surface area (Å²) in [6, 6.07) is 5.88. The standard InChI is InChI=1S/C19H24N2O7/c1-4-12-17(18(23)26-5-2)13(21-19(24)20-12)10-28-16(22)11-27-15-9-7-6-8-14(15)25-3/h6-9,12H,4-5,10-11H2,1-3H3,(H2,20,21,24)/t12-/m0/s1. The Morgan fingerprint density at radius 1 is 1.11 bits per heavy atom. The van der Waals surface area contributed by atoms with Crippen molar-refractivity contribution in [1.29, 1.82) is 0 Å². The third kappa shape index (κ3) is 5.38. The van der Waals surface area contributed by atoms with Gasteiger partial charge in [-0.3, -0.25) is 0 Å². The fourth-order valence-electron chi connectivity index (χ4n) is 2.64. The van der Waals surface area contributed by atoms with Gasteiger partial charge in [0.1, 0.15) is 6.61 Å². The maximum absolute atomic E-state index is 12.3. The number of amides is 2. The zero-order valence-corrected chi connectivity index (χ0v) is 16.1.